The summed E-state index contributed by atoms with van der Waals surface area (Å²) in [6, 6.07) is 5.39. The smallest absolute Gasteiger partial charge is 0.278 e. The molecular formula is C16H18N4O2. The number of nitrogens with one attached hydrogen (secondary N) is 1. The zero-order valence-electron chi connectivity index (χ0n) is 12.2. The van der Waals surface area contributed by atoms with Crippen molar-refractivity contribution >= 4 is 22.1 Å². The number of nitro groups is 1. The van der Waals surface area contributed by atoms with Gasteiger partial charge in [0, 0.05) is 42.6 Å². The Morgan fingerprint density at radius 2 is 2.09 bits per heavy atom. The number of rotatable bonds is 2. The summed E-state index contributed by atoms with van der Waals surface area (Å²) in [5.41, 5.74) is 1.22. The van der Waals surface area contributed by atoms with Crippen LogP contribution in [0.3, 0.4) is 0 Å². The molecule has 0 aliphatic carbocycles. The van der Waals surface area contributed by atoms with Crippen LogP contribution < -0.4 is 10.2 Å². The van der Waals surface area contributed by atoms with Crippen LogP contribution in [0, 0.1) is 22.0 Å². The van der Waals surface area contributed by atoms with Crippen LogP contribution in [0.1, 0.15) is 6.42 Å². The Labute approximate surface area is 128 Å². The van der Waals surface area contributed by atoms with Crippen molar-refractivity contribution in [2.24, 2.45) is 11.8 Å². The zero-order chi connectivity index (χ0) is 15.1. The Morgan fingerprint density at radius 1 is 1.23 bits per heavy atom. The molecular weight excluding hydrogens is 280 g/mol. The van der Waals surface area contributed by atoms with Gasteiger partial charge in [-0.1, -0.05) is 0 Å². The number of piperidine rings is 1. The molecule has 0 amide bonds. The van der Waals surface area contributed by atoms with E-state index < -0.39 is 0 Å². The van der Waals surface area contributed by atoms with Gasteiger partial charge in [-0.3, -0.25) is 15.1 Å². The fourth-order valence-corrected chi connectivity index (χ4v) is 3.85. The average molecular weight is 298 g/mol. The highest BCUT2D eigenvalue weighted by Crippen LogP contribution is 2.36. The molecule has 0 bridgehead atoms. The van der Waals surface area contributed by atoms with Gasteiger partial charge in [0.2, 0.25) is 0 Å². The van der Waals surface area contributed by atoms with Gasteiger partial charge in [-0.15, -0.1) is 0 Å². The third-order valence-corrected chi connectivity index (χ3v) is 5.01. The van der Waals surface area contributed by atoms with Gasteiger partial charge in [0.15, 0.2) is 0 Å². The van der Waals surface area contributed by atoms with Gasteiger partial charge in [0.1, 0.15) is 0 Å². The predicted molar refractivity (Wildman–Crippen MR) is 85.1 cm³/mol. The average Bonchev–Trinajstić information content (AvgIpc) is 3.01. The van der Waals surface area contributed by atoms with E-state index in [1.807, 2.05) is 12.1 Å². The van der Waals surface area contributed by atoms with E-state index in [-0.39, 0.29) is 10.6 Å². The van der Waals surface area contributed by atoms with E-state index in [0.29, 0.717) is 11.3 Å². The van der Waals surface area contributed by atoms with E-state index in [2.05, 4.69) is 15.2 Å². The van der Waals surface area contributed by atoms with E-state index >= 15 is 0 Å². The minimum absolute atomic E-state index is 0.129. The molecule has 3 heterocycles. The maximum Gasteiger partial charge on any atom is 0.278 e. The molecule has 2 saturated heterocycles. The summed E-state index contributed by atoms with van der Waals surface area (Å²) in [6.07, 6.45) is 4.49. The maximum absolute atomic E-state index is 11.2. The Balaban J connectivity index is 1.76. The molecule has 4 rings (SSSR count). The Hall–Kier alpha value is -2.21. The molecule has 2 unspecified atom stereocenters. The highest BCUT2D eigenvalue weighted by molar-refractivity contribution is 5.99. The van der Waals surface area contributed by atoms with Crippen LogP contribution in [0.2, 0.25) is 0 Å². The highest BCUT2D eigenvalue weighted by atomic mass is 16.6. The Bertz CT molecular complexity index is 733. The van der Waals surface area contributed by atoms with Crippen molar-refractivity contribution in [3.05, 3.63) is 40.7 Å². The molecule has 6 heteroatoms. The number of hydrogen-bond donors (Lipinski definition) is 1. The van der Waals surface area contributed by atoms with Crippen molar-refractivity contribution < 1.29 is 4.92 Å². The maximum atomic E-state index is 11.2. The summed E-state index contributed by atoms with van der Waals surface area (Å²) in [5, 5.41) is 16.2. The lowest BCUT2D eigenvalue weighted by Crippen LogP contribution is -2.40. The number of pyridine rings is 1. The van der Waals surface area contributed by atoms with Crippen molar-refractivity contribution in [2.45, 2.75) is 6.42 Å². The summed E-state index contributed by atoms with van der Waals surface area (Å²) in [6.45, 7) is 4.24. The number of nitro benzene ring substituents is 1. The molecule has 114 valence electrons. The second kappa shape index (κ2) is 5.21. The lowest BCUT2D eigenvalue weighted by Gasteiger charge is -2.36. The van der Waals surface area contributed by atoms with E-state index in [0.717, 1.165) is 43.2 Å². The van der Waals surface area contributed by atoms with Gasteiger partial charge < -0.3 is 10.2 Å². The normalized spacial score (nSPS) is 24.5. The third-order valence-electron chi connectivity index (χ3n) is 5.01. The molecule has 0 radical (unpaired) electrons. The number of anilines is 1. The van der Waals surface area contributed by atoms with E-state index in [1.54, 1.807) is 18.5 Å². The Kier molecular flexibility index (Phi) is 3.18. The number of benzene rings is 1. The first-order chi connectivity index (χ1) is 10.7. The predicted octanol–water partition coefficient (Wildman–Crippen LogP) is 2.19. The first kappa shape index (κ1) is 13.5. The van der Waals surface area contributed by atoms with Crippen molar-refractivity contribution in [1.82, 2.24) is 10.3 Å². The van der Waals surface area contributed by atoms with Crippen LogP contribution in [0.4, 0.5) is 11.4 Å². The fraction of sp³-hybridized carbons (Fsp3) is 0.438. The monoisotopic (exact) mass is 298 g/mol. The summed E-state index contributed by atoms with van der Waals surface area (Å²) in [4.78, 5) is 17.3. The molecule has 0 spiro atoms. The molecule has 0 saturated carbocycles. The zero-order valence-corrected chi connectivity index (χ0v) is 12.2. The van der Waals surface area contributed by atoms with Gasteiger partial charge in [-0.2, -0.15) is 0 Å². The second-order valence-electron chi connectivity index (χ2n) is 6.20. The largest absolute Gasteiger partial charge is 0.371 e. The van der Waals surface area contributed by atoms with E-state index in [9.17, 15) is 10.1 Å². The van der Waals surface area contributed by atoms with Gasteiger partial charge in [0.05, 0.1) is 10.3 Å². The molecule has 2 aliphatic rings. The fourth-order valence-electron chi connectivity index (χ4n) is 3.85. The number of fused-ring (bicyclic) bond motifs is 2. The second-order valence-corrected chi connectivity index (χ2v) is 6.20. The van der Waals surface area contributed by atoms with E-state index in [4.69, 9.17) is 0 Å². The Morgan fingerprint density at radius 3 is 2.95 bits per heavy atom. The number of nitrogens with zero attached hydrogens (tertiary/aromatic N) is 3. The molecule has 2 aromatic rings. The molecule has 2 aliphatic heterocycles. The summed E-state index contributed by atoms with van der Waals surface area (Å²) < 4.78 is 0. The van der Waals surface area contributed by atoms with Gasteiger partial charge in [-0.25, -0.2) is 0 Å². The van der Waals surface area contributed by atoms with Crippen LogP contribution in [-0.2, 0) is 0 Å². The highest BCUT2D eigenvalue weighted by Gasteiger charge is 2.33. The van der Waals surface area contributed by atoms with Gasteiger partial charge >= 0.3 is 0 Å². The van der Waals surface area contributed by atoms with Crippen molar-refractivity contribution in [2.75, 3.05) is 31.1 Å². The molecule has 1 aromatic carbocycles. The molecule has 1 aromatic heterocycles. The summed E-state index contributed by atoms with van der Waals surface area (Å²) in [7, 11) is 0. The van der Waals surface area contributed by atoms with Crippen LogP contribution in [-0.4, -0.2) is 36.1 Å². The molecule has 2 atom stereocenters. The van der Waals surface area contributed by atoms with Gasteiger partial charge in [-0.05, 0) is 43.5 Å². The first-order valence-electron chi connectivity index (χ1n) is 7.71. The van der Waals surface area contributed by atoms with Crippen LogP contribution >= 0.6 is 0 Å². The third kappa shape index (κ3) is 2.11. The molecule has 1 N–H and O–H groups in total. The van der Waals surface area contributed by atoms with Crippen molar-refractivity contribution in [3.63, 3.8) is 0 Å². The lowest BCUT2D eigenvalue weighted by molar-refractivity contribution is -0.383. The summed E-state index contributed by atoms with van der Waals surface area (Å²) >= 11 is 0. The molecule has 6 nitrogen and oxygen atoms in total. The van der Waals surface area contributed by atoms with E-state index in [1.165, 1.54) is 6.42 Å². The topological polar surface area (TPSA) is 71.3 Å². The first-order valence-corrected chi connectivity index (χ1v) is 7.71. The van der Waals surface area contributed by atoms with Crippen molar-refractivity contribution in [1.29, 1.82) is 0 Å². The number of non-ortho nitro benzene ring substituents is 1. The SMILES string of the molecule is O=[N+]([O-])c1ccc(N2CCC3CNCC3C2)c2ccncc12. The minimum atomic E-state index is -0.332. The van der Waals surface area contributed by atoms with Crippen LogP contribution in [0.15, 0.2) is 30.6 Å². The van der Waals surface area contributed by atoms with Crippen LogP contribution in [0.25, 0.3) is 10.8 Å². The number of aromatic nitrogens is 1. The van der Waals surface area contributed by atoms with Crippen LogP contribution in [0.5, 0.6) is 0 Å². The quantitative estimate of drug-likeness (QED) is 0.679. The number of hydrogen-bond acceptors (Lipinski definition) is 5. The molecule has 22 heavy (non-hydrogen) atoms. The summed E-state index contributed by atoms with van der Waals surface area (Å²) in [5.74, 6) is 1.46. The standard InChI is InChI=1S/C16H18N4O2/c21-20(22)16-2-1-15(13-3-5-17-9-14(13)16)19-6-4-11-7-18-8-12(11)10-19/h1-3,5,9,11-12,18H,4,6-8,10H2. The van der Waals surface area contributed by atoms with Gasteiger partial charge in [0.25, 0.3) is 5.69 Å². The minimum Gasteiger partial charge on any atom is -0.371 e. The lowest BCUT2D eigenvalue weighted by atomic mass is 9.88. The molecule has 2 fully saturated rings. The van der Waals surface area contributed by atoms with Crippen molar-refractivity contribution in [3.8, 4) is 0 Å².